The molecular formula is C17H27ClN2O. The lowest BCUT2D eigenvalue weighted by Gasteiger charge is -2.28. The first-order valence-electron chi connectivity index (χ1n) is 7.54. The van der Waals surface area contributed by atoms with E-state index in [4.69, 9.17) is 0 Å². The summed E-state index contributed by atoms with van der Waals surface area (Å²) in [6.45, 7) is 8.99. The Morgan fingerprint density at radius 1 is 1.33 bits per heavy atom. The van der Waals surface area contributed by atoms with E-state index in [0.29, 0.717) is 6.54 Å². The molecule has 2 rings (SSSR count). The lowest BCUT2D eigenvalue weighted by molar-refractivity contribution is -0.125. The topological polar surface area (TPSA) is 41.1 Å². The van der Waals surface area contributed by atoms with Gasteiger partial charge in [-0.25, -0.2) is 0 Å². The minimum atomic E-state index is -0.0363. The lowest BCUT2D eigenvalue weighted by Crippen LogP contribution is -2.44. The van der Waals surface area contributed by atoms with Crippen LogP contribution in [0.15, 0.2) is 24.3 Å². The first kappa shape index (κ1) is 18.0. The fourth-order valence-electron chi connectivity index (χ4n) is 2.63. The number of carbonyl (C=O) groups is 1. The monoisotopic (exact) mass is 310 g/mol. The number of hydrogen-bond donors (Lipinski definition) is 2. The number of aryl methyl sites for hydroxylation is 1. The number of benzene rings is 1. The average Bonchev–Trinajstić information content (AvgIpc) is 2.46. The molecule has 118 valence electrons. The van der Waals surface area contributed by atoms with Crippen molar-refractivity contribution in [3.8, 4) is 0 Å². The van der Waals surface area contributed by atoms with Crippen LogP contribution in [-0.2, 0) is 10.2 Å². The zero-order valence-electron chi connectivity index (χ0n) is 13.2. The number of rotatable bonds is 4. The van der Waals surface area contributed by atoms with Crippen molar-refractivity contribution in [3.63, 3.8) is 0 Å². The summed E-state index contributed by atoms with van der Waals surface area (Å²) in [5, 5.41) is 6.42. The molecule has 1 unspecified atom stereocenters. The molecule has 0 bridgehead atoms. The van der Waals surface area contributed by atoms with Gasteiger partial charge < -0.3 is 10.6 Å². The van der Waals surface area contributed by atoms with E-state index >= 15 is 0 Å². The summed E-state index contributed by atoms with van der Waals surface area (Å²) in [6.07, 6.45) is 2.10. The van der Waals surface area contributed by atoms with E-state index in [1.807, 2.05) is 0 Å². The highest BCUT2D eigenvalue weighted by molar-refractivity contribution is 5.85. The molecule has 2 N–H and O–H groups in total. The van der Waals surface area contributed by atoms with E-state index < -0.39 is 0 Å². The summed E-state index contributed by atoms with van der Waals surface area (Å²) in [6, 6.07) is 8.57. The van der Waals surface area contributed by atoms with E-state index in [0.717, 1.165) is 25.9 Å². The Morgan fingerprint density at radius 3 is 2.57 bits per heavy atom. The second kappa shape index (κ2) is 7.81. The van der Waals surface area contributed by atoms with Gasteiger partial charge in [-0.15, -0.1) is 12.4 Å². The molecule has 0 radical (unpaired) electrons. The number of piperidine rings is 1. The van der Waals surface area contributed by atoms with Crippen molar-refractivity contribution in [1.82, 2.24) is 10.6 Å². The quantitative estimate of drug-likeness (QED) is 0.898. The maximum absolute atomic E-state index is 12.2. The van der Waals surface area contributed by atoms with Crippen molar-refractivity contribution in [2.24, 2.45) is 5.92 Å². The van der Waals surface area contributed by atoms with Gasteiger partial charge >= 0.3 is 0 Å². The van der Waals surface area contributed by atoms with Crippen LogP contribution in [0, 0.1) is 12.8 Å². The molecule has 1 aliphatic heterocycles. The molecular weight excluding hydrogens is 284 g/mol. The summed E-state index contributed by atoms with van der Waals surface area (Å²) in [5.41, 5.74) is 2.50. The Morgan fingerprint density at radius 2 is 2.00 bits per heavy atom. The van der Waals surface area contributed by atoms with Crippen LogP contribution in [0.4, 0.5) is 0 Å². The highest BCUT2D eigenvalue weighted by Gasteiger charge is 2.25. The van der Waals surface area contributed by atoms with E-state index in [2.05, 4.69) is 55.7 Å². The Balaban J connectivity index is 0.00000220. The normalized spacial score (nSPS) is 18.7. The van der Waals surface area contributed by atoms with Crippen LogP contribution < -0.4 is 10.6 Å². The Bertz CT molecular complexity index is 450. The van der Waals surface area contributed by atoms with E-state index in [1.165, 1.54) is 11.1 Å². The second-order valence-corrected chi connectivity index (χ2v) is 6.51. The molecule has 1 aromatic carbocycles. The molecule has 1 aromatic rings. The number of amides is 1. The zero-order valence-corrected chi connectivity index (χ0v) is 14.1. The summed E-state index contributed by atoms with van der Waals surface area (Å²) >= 11 is 0. The highest BCUT2D eigenvalue weighted by Crippen LogP contribution is 2.23. The van der Waals surface area contributed by atoms with Gasteiger partial charge in [0.1, 0.15) is 0 Å². The van der Waals surface area contributed by atoms with Crippen LogP contribution in [0.25, 0.3) is 0 Å². The van der Waals surface area contributed by atoms with Crippen LogP contribution in [0.1, 0.15) is 37.8 Å². The van der Waals surface area contributed by atoms with E-state index in [1.54, 1.807) is 0 Å². The van der Waals surface area contributed by atoms with Gasteiger partial charge in [0, 0.05) is 18.5 Å². The average molecular weight is 311 g/mol. The number of hydrogen-bond acceptors (Lipinski definition) is 2. The van der Waals surface area contributed by atoms with Gasteiger partial charge in [-0.2, -0.15) is 0 Å². The minimum absolute atomic E-state index is 0. The minimum Gasteiger partial charge on any atom is -0.355 e. The number of halogens is 1. The number of nitrogens with one attached hydrogen (secondary N) is 2. The molecule has 4 heteroatoms. The Labute approximate surface area is 134 Å². The molecule has 0 saturated carbocycles. The SMILES string of the molecule is Cc1ccc(C(C)(C)CNC(=O)C2CCCNC2)cc1.Cl. The van der Waals surface area contributed by atoms with Gasteiger partial charge in [-0.3, -0.25) is 4.79 Å². The van der Waals surface area contributed by atoms with Gasteiger partial charge in [0.25, 0.3) is 0 Å². The zero-order chi connectivity index (χ0) is 14.6. The first-order valence-corrected chi connectivity index (χ1v) is 7.54. The van der Waals surface area contributed by atoms with E-state index in [9.17, 15) is 4.79 Å². The third-order valence-corrected chi connectivity index (χ3v) is 4.21. The van der Waals surface area contributed by atoms with Crippen molar-refractivity contribution in [2.75, 3.05) is 19.6 Å². The van der Waals surface area contributed by atoms with Gasteiger partial charge in [0.05, 0.1) is 5.92 Å². The standard InChI is InChI=1S/C17H26N2O.ClH/c1-13-6-8-15(9-7-13)17(2,3)12-19-16(20)14-5-4-10-18-11-14;/h6-9,14,18H,4-5,10-12H2,1-3H3,(H,19,20);1H. The smallest absolute Gasteiger partial charge is 0.224 e. The maximum atomic E-state index is 12.2. The van der Waals surface area contributed by atoms with Gasteiger partial charge in [-0.05, 0) is 31.9 Å². The van der Waals surface area contributed by atoms with E-state index in [-0.39, 0.29) is 29.6 Å². The van der Waals surface area contributed by atoms with Crippen molar-refractivity contribution in [1.29, 1.82) is 0 Å². The van der Waals surface area contributed by atoms with Crippen LogP contribution in [0.5, 0.6) is 0 Å². The van der Waals surface area contributed by atoms with Gasteiger partial charge in [0.15, 0.2) is 0 Å². The summed E-state index contributed by atoms with van der Waals surface area (Å²) in [7, 11) is 0. The van der Waals surface area contributed by atoms with Crippen LogP contribution in [0.3, 0.4) is 0 Å². The van der Waals surface area contributed by atoms with Crippen molar-refractivity contribution in [3.05, 3.63) is 35.4 Å². The second-order valence-electron chi connectivity index (χ2n) is 6.51. The summed E-state index contributed by atoms with van der Waals surface area (Å²) in [5.74, 6) is 0.329. The highest BCUT2D eigenvalue weighted by atomic mass is 35.5. The van der Waals surface area contributed by atoms with Gasteiger partial charge in [-0.1, -0.05) is 43.7 Å². The summed E-state index contributed by atoms with van der Waals surface area (Å²) < 4.78 is 0. The summed E-state index contributed by atoms with van der Waals surface area (Å²) in [4.78, 5) is 12.2. The van der Waals surface area contributed by atoms with Crippen molar-refractivity contribution in [2.45, 2.75) is 39.0 Å². The van der Waals surface area contributed by atoms with Crippen molar-refractivity contribution >= 4 is 18.3 Å². The van der Waals surface area contributed by atoms with Gasteiger partial charge in [0.2, 0.25) is 5.91 Å². The molecule has 1 fully saturated rings. The third-order valence-electron chi connectivity index (χ3n) is 4.21. The molecule has 1 aliphatic rings. The fourth-order valence-corrected chi connectivity index (χ4v) is 2.63. The molecule has 1 amide bonds. The fraction of sp³-hybridized carbons (Fsp3) is 0.588. The molecule has 1 saturated heterocycles. The van der Waals surface area contributed by atoms with Crippen LogP contribution >= 0.6 is 12.4 Å². The van der Waals surface area contributed by atoms with Crippen LogP contribution in [-0.4, -0.2) is 25.5 Å². The third kappa shape index (κ3) is 5.01. The Hall–Kier alpha value is -1.06. The molecule has 3 nitrogen and oxygen atoms in total. The molecule has 0 spiro atoms. The van der Waals surface area contributed by atoms with Crippen molar-refractivity contribution < 1.29 is 4.79 Å². The molecule has 1 atom stereocenters. The predicted molar refractivity (Wildman–Crippen MR) is 90.1 cm³/mol. The molecule has 0 aromatic heterocycles. The molecule has 0 aliphatic carbocycles. The Kier molecular flexibility index (Phi) is 6.69. The van der Waals surface area contributed by atoms with Crippen LogP contribution in [0.2, 0.25) is 0 Å². The first-order chi connectivity index (χ1) is 9.49. The lowest BCUT2D eigenvalue weighted by atomic mass is 9.84. The molecule has 1 heterocycles. The number of carbonyl (C=O) groups excluding carboxylic acids is 1. The largest absolute Gasteiger partial charge is 0.355 e. The molecule has 21 heavy (non-hydrogen) atoms. The predicted octanol–water partition coefficient (Wildman–Crippen LogP) is 2.81. The maximum Gasteiger partial charge on any atom is 0.224 e.